The lowest BCUT2D eigenvalue weighted by Crippen LogP contribution is -2.58. The van der Waals surface area contributed by atoms with Crippen molar-refractivity contribution in [2.45, 2.75) is 58.5 Å². The first-order chi connectivity index (χ1) is 15.4. The Bertz CT molecular complexity index is 1130. The van der Waals surface area contributed by atoms with Gasteiger partial charge in [-0.25, -0.2) is 9.37 Å². The molecule has 2 aromatic heterocycles. The lowest BCUT2D eigenvalue weighted by molar-refractivity contribution is 0.0566. The van der Waals surface area contributed by atoms with Crippen molar-refractivity contribution in [2.24, 2.45) is 0 Å². The van der Waals surface area contributed by atoms with E-state index in [0.29, 0.717) is 28.8 Å². The Morgan fingerprint density at radius 1 is 1.25 bits per heavy atom. The molecule has 3 N–H and O–H groups in total. The molecule has 7 nitrogen and oxygen atoms in total. The van der Waals surface area contributed by atoms with Crippen molar-refractivity contribution in [1.29, 1.82) is 0 Å². The highest BCUT2D eigenvalue weighted by molar-refractivity contribution is 6.07. The SMILES string of the molecule is CCCC1CN(C(=O)c2cc(-c3ccc(O)cc3F)nc3n[nH]c(C)c23)C(CCC)CN1. The molecule has 1 aromatic carbocycles. The number of aromatic hydroxyl groups is 1. The van der Waals surface area contributed by atoms with Crippen molar-refractivity contribution < 1.29 is 14.3 Å². The Morgan fingerprint density at radius 3 is 2.75 bits per heavy atom. The molecular formula is C24H30FN5O2. The van der Waals surface area contributed by atoms with E-state index in [9.17, 15) is 14.3 Å². The first-order valence-electron chi connectivity index (χ1n) is 11.3. The molecule has 1 saturated heterocycles. The first-order valence-corrected chi connectivity index (χ1v) is 11.3. The van der Waals surface area contributed by atoms with Crippen LogP contribution in [0.4, 0.5) is 4.39 Å². The minimum atomic E-state index is -0.600. The van der Waals surface area contributed by atoms with E-state index in [1.165, 1.54) is 12.1 Å². The van der Waals surface area contributed by atoms with Crippen LogP contribution in [-0.2, 0) is 0 Å². The number of hydrogen-bond acceptors (Lipinski definition) is 5. The number of pyridine rings is 1. The van der Waals surface area contributed by atoms with Crippen molar-refractivity contribution in [3.05, 3.63) is 41.3 Å². The number of phenolic OH excluding ortho intramolecular Hbond substituents is 1. The summed E-state index contributed by atoms with van der Waals surface area (Å²) in [6.07, 6.45) is 3.94. The average Bonchev–Trinajstić information content (AvgIpc) is 3.15. The van der Waals surface area contributed by atoms with Gasteiger partial charge in [-0.2, -0.15) is 5.10 Å². The Balaban J connectivity index is 1.80. The van der Waals surface area contributed by atoms with Crippen LogP contribution in [0.5, 0.6) is 5.75 Å². The molecule has 4 rings (SSSR count). The zero-order valence-electron chi connectivity index (χ0n) is 18.8. The third-order valence-electron chi connectivity index (χ3n) is 6.18. The monoisotopic (exact) mass is 439 g/mol. The molecular weight excluding hydrogens is 409 g/mol. The first kappa shape index (κ1) is 22.2. The third-order valence-corrected chi connectivity index (χ3v) is 6.18. The number of piperazine rings is 1. The number of H-pyrrole nitrogens is 1. The number of aromatic amines is 1. The Hall–Kier alpha value is -3.00. The molecule has 1 aliphatic rings. The summed E-state index contributed by atoms with van der Waals surface area (Å²) in [5, 5.41) is 21.0. The van der Waals surface area contributed by atoms with Gasteiger partial charge in [0.1, 0.15) is 11.6 Å². The van der Waals surface area contributed by atoms with Gasteiger partial charge >= 0.3 is 0 Å². The van der Waals surface area contributed by atoms with E-state index in [2.05, 4.69) is 34.3 Å². The number of nitrogens with one attached hydrogen (secondary N) is 2. The second-order valence-electron chi connectivity index (χ2n) is 8.56. The normalized spacial score (nSPS) is 18.9. The molecule has 0 spiro atoms. The lowest BCUT2D eigenvalue weighted by Gasteiger charge is -2.40. The molecule has 0 aliphatic carbocycles. The number of fused-ring (bicyclic) bond motifs is 1. The van der Waals surface area contributed by atoms with E-state index in [1.807, 2.05) is 11.8 Å². The Morgan fingerprint density at radius 2 is 2.03 bits per heavy atom. The number of phenols is 1. The molecule has 170 valence electrons. The van der Waals surface area contributed by atoms with Crippen molar-refractivity contribution in [2.75, 3.05) is 13.1 Å². The minimum Gasteiger partial charge on any atom is -0.508 e. The van der Waals surface area contributed by atoms with E-state index >= 15 is 0 Å². The minimum absolute atomic E-state index is 0.0802. The number of benzene rings is 1. The summed E-state index contributed by atoms with van der Waals surface area (Å²) in [6, 6.07) is 5.93. The fraction of sp³-hybridized carbons (Fsp3) is 0.458. The van der Waals surface area contributed by atoms with Gasteiger partial charge in [0, 0.05) is 42.5 Å². The molecule has 1 fully saturated rings. The molecule has 3 heterocycles. The number of rotatable bonds is 6. The Labute approximate surface area is 187 Å². The number of carbonyl (C=O) groups is 1. The number of hydrogen-bond donors (Lipinski definition) is 3. The number of amides is 1. The van der Waals surface area contributed by atoms with E-state index in [4.69, 9.17) is 0 Å². The summed E-state index contributed by atoms with van der Waals surface area (Å²) in [6.45, 7) is 7.53. The summed E-state index contributed by atoms with van der Waals surface area (Å²) in [7, 11) is 0. The van der Waals surface area contributed by atoms with Crippen LogP contribution in [-0.4, -0.2) is 56.3 Å². The lowest BCUT2D eigenvalue weighted by atomic mass is 9.99. The van der Waals surface area contributed by atoms with Crippen molar-refractivity contribution in [1.82, 2.24) is 25.4 Å². The predicted octanol–water partition coefficient (Wildman–Crippen LogP) is 4.16. The molecule has 1 aliphatic heterocycles. The van der Waals surface area contributed by atoms with Gasteiger partial charge < -0.3 is 15.3 Å². The smallest absolute Gasteiger partial charge is 0.255 e. The highest BCUT2D eigenvalue weighted by Gasteiger charge is 2.32. The van der Waals surface area contributed by atoms with E-state index in [-0.39, 0.29) is 29.3 Å². The second-order valence-corrected chi connectivity index (χ2v) is 8.56. The highest BCUT2D eigenvalue weighted by Crippen LogP contribution is 2.30. The molecule has 1 amide bonds. The number of aromatic nitrogens is 3. The maximum Gasteiger partial charge on any atom is 0.255 e. The summed E-state index contributed by atoms with van der Waals surface area (Å²) in [5.41, 5.74) is 2.14. The largest absolute Gasteiger partial charge is 0.508 e. The van der Waals surface area contributed by atoms with Gasteiger partial charge in [-0.3, -0.25) is 9.89 Å². The van der Waals surface area contributed by atoms with Crippen molar-refractivity contribution >= 4 is 16.9 Å². The molecule has 2 unspecified atom stereocenters. The van der Waals surface area contributed by atoms with E-state index in [0.717, 1.165) is 44.0 Å². The third kappa shape index (κ3) is 4.19. The maximum atomic E-state index is 14.6. The van der Waals surface area contributed by atoms with Gasteiger partial charge in [0.05, 0.1) is 16.6 Å². The average molecular weight is 440 g/mol. The van der Waals surface area contributed by atoms with Crippen LogP contribution in [0.25, 0.3) is 22.3 Å². The fourth-order valence-electron chi connectivity index (χ4n) is 4.59. The highest BCUT2D eigenvalue weighted by atomic mass is 19.1. The molecule has 32 heavy (non-hydrogen) atoms. The van der Waals surface area contributed by atoms with Gasteiger partial charge in [-0.15, -0.1) is 0 Å². The van der Waals surface area contributed by atoms with Crippen LogP contribution in [0.1, 0.15) is 55.6 Å². The van der Waals surface area contributed by atoms with Crippen LogP contribution in [0, 0.1) is 12.7 Å². The second kappa shape index (κ2) is 9.24. The van der Waals surface area contributed by atoms with Crippen molar-refractivity contribution in [3.8, 4) is 17.0 Å². The number of halogens is 1. The number of nitrogens with zero attached hydrogens (tertiary/aromatic N) is 3. The fourth-order valence-corrected chi connectivity index (χ4v) is 4.59. The van der Waals surface area contributed by atoms with E-state index < -0.39 is 5.82 Å². The summed E-state index contributed by atoms with van der Waals surface area (Å²) in [5.74, 6) is -0.843. The Kier molecular flexibility index (Phi) is 6.41. The van der Waals surface area contributed by atoms with Gasteiger partial charge in [0.25, 0.3) is 5.91 Å². The van der Waals surface area contributed by atoms with Crippen LogP contribution in [0.2, 0.25) is 0 Å². The van der Waals surface area contributed by atoms with Gasteiger partial charge in [-0.1, -0.05) is 26.7 Å². The molecule has 0 radical (unpaired) electrons. The predicted molar refractivity (Wildman–Crippen MR) is 122 cm³/mol. The summed E-state index contributed by atoms with van der Waals surface area (Å²) in [4.78, 5) is 20.4. The summed E-state index contributed by atoms with van der Waals surface area (Å²) >= 11 is 0. The quantitative estimate of drug-likeness (QED) is 0.536. The summed E-state index contributed by atoms with van der Waals surface area (Å²) < 4.78 is 14.6. The van der Waals surface area contributed by atoms with Crippen LogP contribution < -0.4 is 5.32 Å². The van der Waals surface area contributed by atoms with Crippen LogP contribution in [0.15, 0.2) is 24.3 Å². The topological polar surface area (TPSA) is 94.1 Å². The van der Waals surface area contributed by atoms with E-state index in [1.54, 1.807) is 6.07 Å². The molecule has 8 heteroatoms. The standard InChI is InChI=1S/C24H30FN5O2/c1-4-6-15-13-30(16(7-5-2)12-26-15)24(32)19-11-21(18-9-8-17(31)10-20(18)25)27-23-22(19)14(3)28-29-23/h8-11,15-16,26,31H,4-7,12-13H2,1-3H3,(H,27,28,29). The number of aryl methyl sites for hydroxylation is 1. The molecule has 2 atom stereocenters. The zero-order valence-corrected chi connectivity index (χ0v) is 18.8. The molecule has 0 saturated carbocycles. The molecule has 0 bridgehead atoms. The van der Waals surface area contributed by atoms with Crippen molar-refractivity contribution in [3.63, 3.8) is 0 Å². The number of carbonyl (C=O) groups excluding carboxylic acids is 1. The van der Waals surface area contributed by atoms with Crippen LogP contribution in [0.3, 0.4) is 0 Å². The van der Waals surface area contributed by atoms with Gasteiger partial charge in [-0.05, 0) is 38.0 Å². The maximum absolute atomic E-state index is 14.6. The zero-order chi connectivity index (χ0) is 22.8. The van der Waals surface area contributed by atoms with Gasteiger partial charge in [0.2, 0.25) is 0 Å². The molecule has 3 aromatic rings. The van der Waals surface area contributed by atoms with Crippen LogP contribution >= 0.6 is 0 Å². The van der Waals surface area contributed by atoms with Gasteiger partial charge in [0.15, 0.2) is 5.65 Å².